The zero-order chi connectivity index (χ0) is 15.8. The zero-order valence-corrected chi connectivity index (χ0v) is 13.1. The Morgan fingerprint density at radius 2 is 2.26 bits per heavy atom. The van der Waals surface area contributed by atoms with Gasteiger partial charge < -0.3 is 10.4 Å². The lowest BCUT2D eigenvalue weighted by Gasteiger charge is -2.25. The highest BCUT2D eigenvalue weighted by molar-refractivity contribution is 5.88. The quantitative estimate of drug-likeness (QED) is 0.765. The van der Waals surface area contributed by atoms with E-state index < -0.39 is 0 Å². The van der Waals surface area contributed by atoms with Crippen molar-refractivity contribution in [2.75, 3.05) is 11.9 Å². The number of hydrogen-bond donors (Lipinski definition) is 2. The number of rotatable bonds is 4. The summed E-state index contributed by atoms with van der Waals surface area (Å²) in [6.45, 7) is 0.678. The van der Waals surface area contributed by atoms with Crippen molar-refractivity contribution < 1.29 is 5.11 Å². The van der Waals surface area contributed by atoms with E-state index in [9.17, 15) is 0 Å². The van der Waals surface area contributed by atoms with Crippen LogP contribution in [0, 0.1) is 0 Å². The molecule has 1 unspecified atom stereocenters. The van der Waals surface area contributed by atoms with Crippen LogP contribution >= 0.6 is 0 Å². The number of hydrogen-bond acceptors (Lipinski definition) is 5. The second-order valence-electron chi connectivity index (χ2n) is 5.95. The predicted octanol–water partition coefficient (Wildman–Crippen LogP) is 1.65. The number of aliphatic hydroxyl groups excluding tert-OH is 1. The lowest BCUT2D eigenvalue weighted by atomic mass is 9.92. The molecule has 120 valence electrons. The van der Waals surface area contributed by atoms with Crippen LogP contribution in [0.3, 0.4) is 0 Å². The van der Waals surface area contributed by atoms with Crippen molar-refractivity contribution in [3.8, 4) is 0 Å². The normalized spacial score (nSPS) is 17.4. The molecule has 23 heavy (non-hydrogen) atoms. The molecule has 3 aromatic rings. The average Bonchev–Trinajstić information content (AvgIpc) is 3.14. The van der Waals surface area contributed by atoms with Gasteiger partial charge in [0, 0.05) is 30.2 Å². The number of aryl methyl sites for hydroxylation is 1. The molecule has 0 radical (unpaired) electrons. The standard InChI is InChI=1S/C16H20N6O/c1-21-16-12(10-18-21)14(5-6-17-16)20-13-3-2-4-15-11(13)9-19-22(15)7-8-23/h5-6,9-10,13,23H,2-4,7-8H2,1H3,(H,17,20). The molecule has 1 atom stereocenters. The maximum absolute atomic E-state index is 9.17. The van der Waals surface area contributed by atoms with Gasteiger partial charge in [0.2, 0.25) is 0 Å². The first-order chi connectivity index (χ1) is 11.3. The van der Waals surface area contributed by atoms with Gasteiger partial charge in [0.25, 0.3) is 0 Å². The highest BCUT2D eigenvalue weighted by atomic mass is 16.3. The van der Waals surface area contributed by atoms with Crippen LogP contribution < -0.4 is 5.32 Å². The molecule has 7 nitrogen and oxygen atoms in total. The fraction of sp³-hybridized carbons (Fsp3) is 0.438. The Labute approximate surface area is 133 Å². The van der Waals surface area contributed by atoms with Gasteiger partial charge in [0.1, 0.15) is 0 Å². The SMILES string of the molecule is Cn1ncc2c(NC3CCCc4c3cnn4CCO)ccnc21. The van der Waals surface area contributed by atoms with Crippen molar-refractivity contribution in [1.82, 2.24) is 24.5 Å². The van der Waals surface area contributed by atoms with Crippen LogP contribution in [0.25, 0.3) is 11.0 Å². The molecule has 1 aliphatic rings. The van der Waals surface area contributed by atoms with Crippen LogP contribution in [0.5, 0.6) is 0 Å². The molecular weight excluding hydrogens is 292 g/mol. The summed E-state index contributed by atoms with van der Waals surface area (Å²) in [5.41, 5.74) is 4.40. The van der Waals surface area contributed by atoms with Crippen LogP contribution in [0.4, 0.5) is 5.69 Å². The number of nitrogens with one attached hydrogen (secondary N) is 1. The summed E-state index contributed by atoms with van der Waals surface area (Å²) in [5.74, 6) is 0. The van der Waals surface area contributed by atoms with E-state index in [4.69, 9.17) is 5.11 Å². The molecule has 0 spiro atoms. The topological polar surface area (TPSA) is 80.8 Å². The monoisotopic (exact) mass is 312 g/mol. The molecule has 4 rings (SSSR count). The molecule has 0 bridgehead atoms. The number of aromatic nitrogens is 5. The Morgan fingerprint density at radius 3 is 3.13 bits per heavy atom. The number of nitrogens with zero attached hydrogens (tertiary/aromatic N) is 5. The first kappa shape index (κ1) is 14.2. The Kier molecular flexibility index (Phi) is 3.49. The number of fused-ring (bicyclic) bond motifs is 2. The van der Waals surface area contributed by atoms with Gasteiger partial charge in [-0.05, 0) is 25.3 Å². The Hall–Kier alpha value is -2.41. The molecule has 2 N–H and O–H groups in total. The molecule has 0 fully saturated rings. The van der Waals surface area contributed by atoms with E-state index in [0.717, 1.165) is 36.0 Å². The van der Waals surface area contributed by atoms with Gasteiger partial charge in [0.05, 0.1) is 37.0 Å². The summed E-state index contributed by atoms with van der Waals surface area (Å²) >= 11 is 0. The average molecular weight is 312 g/mol. The van der Waals surface area contributed by atoms with E-state index in [1.807, 2.05) is 36.4 Å². The molecule has 0 aromatic carbocycles. The van der Waals surface area contributed by atoms with Gasteiger partial charge in [-0.1, -0.05) is 0 Å². The van der Waals surface area contributed by atoms with Crippen molar-refractivity contribution in [3.05, 3.63) is 35.9 Å². The summed E-state index contributed by atoms with van der Waals surface area (Å²) in [5, 5.41) is 22.6. The largest absolute Gasteiger partial charge is 0.394 e. The Bertz CT molecular complexity index is 836. The summed E-state index contributed by atoms with van der Waals surface area (Å²) in [6, 6.07) is 2.23. The van der Waals surface area contributed by atoms with Crippen LogP contribution in [-0.4, -0.2) is 36.3 Å². The summed E-state index contributed by atoms with van der Waals surface area (Å²) in [4.78, 5) is 4.38. The molecule has 7 heteroatoms. The number of anilines is 1. The van der Waals surface area contributed by atoms with E-state index in [0.29, 0.717) is 6.54 Å². The number of pyridine rings is 1. The smallest absolute Gasteiger partial charge is 0.159 e. The van der Waals surface area contributed by atoms with Crippen LogP contribution in [-0.2, 0) is 20.0 Å². The predicted molar refractivity (Wildman–Crippen MR) is 87.1 cm³/mol. The third kappa shape index (κ3) is 2.37. The first-order valence-corrected chi connectivity index (χ1v) is 7.96. The Morgan fingerprint density at radius 1 is 1.35 bits per heavy atom. The second kappa shape index (κ2) is 5.66. The third-order valence-corrected chi connectivity index (χ3v) is 4.54. The Balaban J connectivity index is 1.67. The molecule has 3 heterocycles. The van der Waals surface area contributed by atoms with Crippen molar-refractivity contribution in [2.24, 2.45) is 7.05 Å². The zero-order valence-electron chi connectivity index (χ0n) is 13.1. The molecule has 1 aliphatic carbocycles. The van der Waals surface area contributed by atoms with E-state index in [2.05, 4.69) is 20.5 Å². The molecule has 0 saturated heterocycles. The summed E-state index contributed by atoms with van der Waals surface area (Å²) in [6.07, 6.45) is 8.80. The summed E-state index contributed by atoms with van der Waals surface area (Å²) < 4.78 is 3.71. The van der Waals surface area contributed by atoms with Crippen molar-refractivity contribution in [3.63, 3.8) is 0 Å². The third-order valence-electron chi connectivity index (χ3n) is 4.54. The first-order valence-electron chi connectivity index (χ1n) is 7.96. The lowest BCUT2D eigenvalue weighted by molar-refractivity contribution is 0.266. The van der Waals surface area contributed by atoms with E-state index in [-0.39, 0.29) is 12.6 Å². The fourth-order valence-electron chi connectivity index (χ4n) is 3.42. The molecule has 0 amide bonds. The van der Waals surface area contributed by atoms with Gasteiger partial charge in [-0.25, -0.2) is 4.98 Å². The van der Waals surface area contributed by atoms with E-state index in [1.54, 1.807) is 4.68 Å². The van der Waals surface area contributed by atoms with Crippen molar-refractivity contribution >= 4 is 16.7 Å². The van der Waals surface area contributed by atoms with Crippen LogP contribution in [0.15, 0.2) is 24.7 Å². The van der Waals surface area contributed by atoms with Crippen LogP contribution in [0.1, 0.15) is 30.1 Å². The highest BCUT2D eigenvalue weighted by Crippen LogP contribution is 2.34. The molecular formula is C16H20N6O. The van der Waals surface area contributed by atoms with E-state index in [1.165, 1.54) is 11.3 Å². The van der Waals surface area contributed by atoms with Gasteiger partial charge in [-0.2, -0.15) is 10.2 Å². The van der Waals surface area contributed by atoms with Crippen LogP contribution in [0.2, 0.25) is 0 Å². The molecule has 3 aromatic heterocycles. The van der Waals surface area contributed by atoms with Gasteiger partial charge >= 0.3 is 0 Å². The van der Waals surface area contributed by atoms with Crippen molar-refractivity contribution in [2.45, 2.75) is 31.8 Å². The van der Waals surface area contributed by atoms with E-state index >= 15 is 0 Å². The molecule has 0 saturated carbocycles. The van der Waals surface area contributed by atoms with Crippen molar-refractivity contribution in [1.29, 1.82) is 0 Å². The fourth-order valence-corrected chi connectivity index (χ4v) is 3.42. The van der Waals surface area contributed by atoms with Gasteiger partial charge in [-0.3, -0.25) is 9.36 Å². The summed E-state index contributed by atoms with van der Waals surface area (Å²) in [7, 11) is 1.90. The lowest BCUT2D eigenvalue weighted by Crippen LogP contribution is -2.19. The van der Waals surface area contributed by atoms with Gasteiger partial charge in [-0.15, -0.1) is 0 Å². The minimum absolute atomic E-state index is 0.118. The molecule has 0 aliphatic heterocycles. The number of aliphatic hydroxyl groups is 1. The second-order valence-corrected chi connectivity index (χ2v) is 5.95. The highest BCUT2D eigenvalue weighted by Gasteiger charge is 2.24. The minimum Gasteiger partial charge on any atom is -0.394 e. The maximum Gasteiger partial charge on any atom is 0.159 e. The maximum atomic E-state index is 9.17. The minimum atomic E-state index is 0.118. The van der Waals surface area contributed by atoms with Gasteiger partial charge in [0.15, 0.2) is 5.65 Å².